The summed E-state index contributed by atoms with van der Waals surface area (Å²) < 4.78 is 35.7. The van der Waals surface area contributed by atoms with E-state index in [4.69, 9.17) is 38.8 Å². The Kier molecular flexibility index (Phi) is 26.8. The predicted octanol–water partition coefficient (Wildman–Crippen LogP) is 4.11. The number of aliphatic hydroxyl groups is 1. The minimum atomic E-state index is -1.10. The van der Waals surface area contributed by atoms with Gasteiger partial charge in [-0.3, -0.25) is 34.0 Å². The molecule has 1 saturated heterocycles. The summed E-state index contributed by atoms with van der Waals surface area (Å²) in [6.07, 6.45) is 7.14. The molecule has 0 saturated carbocycles. The summed E-state index contributed by atoms with van der Waals surface area (Å²) in [4.78, 5) is 72.8. The van der Waals surface area contributed by atoms with Crippen LogP contribution in [-0.4, -0.2) is 135 Å². The fourth-order valence-corrected chi connectivity index (χ4v) is 5.80. The maximum Gasteiger partial charge on any atom is 0.321 e. The number of aliphatic hydroxyl groups excluding tert-OH is 1. The second kappa shape index (κ2) is 31.5. The van der Waals surface area contributed by atoms with E-state index in [9.17, 15) is 39.0 Å². The molecule has 6 atom stereocenters. The highest BCUT2D eigenvalue weighted by atomic mass is 17.1. The summed E-state index contributed by atoms with van der Waals surface area (Å²) in [5.74, 6) is -6.69. The Morgan fingerprint density at radius 1 is 0.726 bits per heavy atom. The Labute approximate surface area is 360 Å². The van der Waals surface area contributed by atoms with Crippen LogP contribution >= 0.6 is 0 Å². The summed E-state index contributed by atoms with van der Waals surface area (Å²) in [6.45, 7) is 5.26. The number of esters is 4. The van der Waals surface area contributed by atoms with Crippen molar-refractivity contribution in [2.75, 3.05) is 66.1 Å². The van der Waals surface area contributed by atoms with Gasteiger partial charge in [-0.25, -0.2) is 4.89 Å². The summed E-state index contributed by atoms with van der Waals surface area (Å²) in [5.41, 5.74) is 1.37. The fourth-order valence-electron chi connectivity index (χ4n) is 5.80. The highest BCUT2D eigenvalue weighted by Gasteiger charge is 2.34. The van der Waals surface area contributed by atoms with Crippen LogP contribution in [0.5, 0.6) is 0 Å². The zero-order valence-corrected chi connectivity index (χ0v) is 35.0. The molecule has 1 aliphatic heterocycles. The van der Waals surface area contributed by atoms with Gasteiger partial charge in [0.2, 0.25) is 0 Å². The molecule has 0 spiro atoms. The van der Waals surface area contributed by atoms with Crippen LogP contribution < -0.4 is 0 Å². The largest absolute Gasteiger partial charge is 0.481 e. The molecule has 2 aromatic carbocycles. The molecule has 6 unspecified atom stereocenters. The normalized spacial score (nSPS) is 17.2. The molecule has 0 amide bonds. The molecular weight excluding hydrogens is 816 g/mol. The molecule has 0 radical (unpaired) electrons. The molecule has 342 valence electrons. The van der Waals surface area contributed by atoms with Gasteiger partial charge in [0.15, 0.2) is 0 Å². The zero-order chi connectivity index (χ0) is 45.5. The first-order valence-electron chi connectivity index (χ1n) is 20.1. The van der Waals surface area contributed by atoms with Crippen LogP contribution in [0.1, 0.15) is 62.5 Å². The number of hydrogen-bond donors (Lipinski definition) is 4. The van der Waals surface area contributed by atoms with Crippen LogP contribution in [-0.2, 0) is 66.8 Å². The summed E-state index contributed by atoms with van der Waals surface area (Å²) in [7, 11) is 0. The van der Waals surface area contributed by atoms with Gasteiger partial charge in [0.25, 0.3) is 0 Å². The van der Waals surface area contributed by atoms with Gasteiger partial charge < -0.3 is 48.5 Å². The second-order valence-electron chi connectivity index (χ2n) is 13.8. The highest BCUT2D eigenvalue weighted by Crippen LogP contribution is 2.27. The van der Waals surface area contributed by atoms with Crippen LogP contribution in [0.2, 0.25) is 0 Å². The van der Waals surface area contributed by atoms with E-state index < -0.39 is 53.6 Å². The molecule has 1 heterocycles. The number of carboxylic acids is 2. The van der Waals surface area contributed by atoms with Crippen molar-refractivity contribution in [1.82, 2.24) is 0 Å². The average Bonchev–Trinajstić information content (AvgIpc) is 3.61. The van der Waals surface area contributed by atoms with Gasteiger partial charge in [-0.15, -0.1) is 0 Å². The number of carboxylic acid groups (broad SMARTS) is 2. The molecule has 18 heteroatoms. The fraction of sp³-hybridized carbons (Fsp3) is 0.500. The molecule has 1 fully saturated rings. The standard InChI is InChI=1S/C27H34O10.C10H8O3.C7H16O5/c1-19(35-14-15-37-25(29)17-23(27(32)33)21-10-6-3-7-11-21)18-34-12-13-36-24(28)16-22(26(30)31)20-8-4-2-5-9-20;11-9-6-8(10(12)13-9)7-4-2-1-3-5-7;1-7(6-10-3-2-8)11-4-5-12-9/h2-8,10-11,19-20,22-23H,9,12-18H2,1H3,(H,30,31)(H,32,33);1-5,8H,6H2;7-9H,2-6H2,1H3. The van der Waals surface area contributed by atoms with E-state index in [0.717, 1.165) is 5.56 Å². The van der Waals surface area contributed by atoms with Crippen molar-refractivity contribution in [2.24, 2.45) is 11.8 Å². The smallest absolute Gasteiger partial charge is 0.321 e. The lowest BCUT2D eigenvalue weighted by atomic mass is 9.85. The molecule has 4 N–H and O–H groups in total. The monoisotopic (exact) mass is 874 g/mol. The van der Waals surface area contributed by atoms with Gasteiger partial charge in [0.1, 0.15) is 19.8 Å². The molecule has 18 nitrogen and oxygen atoms in total. The SMILES string of the molecule is CC(COCCO)OCCOO.CC(COCCOC(=O)CC(C(=O)O)C1C=CC=CC1)OCCOC(=O)CC(C(=O)O)c1ccccc1.O=C1CC(c2ccccc2)C(=O)O1. The lowest BCUT2D eigenvalue weighted by Crippen LogP contribution is -2.27. The highest BCUT2D eigenvalue weighted by molar-refractivity contribution is 5.97. The van der Waals surface area contributed by atoms with Crippen molar-refractivity contribution >= 4 is 35.8 Å². The van der Waals surface area contributed by atoms with E-state index >= 15 is 0 Å². The van der Waals surface area contributed by atoms with Gasteiger partial charge in [-0.2, -0.15) is 0 Å². The van der Waals surface area contributed by atoms with Crippen LogP contribution in [0.3, 0.4) is 0 Å². The molecule has 0 aromatic heterocycles. The molecule has 2 aromatic rings. The Hall–Kier alpha value is -5.34. The Balaban J connectivity index is 0.000000425. The number of aliphatic carboxylic acids is 2. The molecule has 2 aliphatic rings. The van der Waals surface area contributed by atoms with Gasteiger partial charge in [0, 0.05) is 0 Å². The Morgan fingerprint density at radius 2 is 1.31 bits per heavy atom. The number of carbonyl (C=O) groups excluding carboxylic acids is 4. The Bertz CT molecular complexity index is 1670. The first kappa shape index (κ1) is 52.8. The van der Waals surface area contributed by atoms with Gasteiger partial charge in [0.05, 0.1) is 95.5 Å². The topological polar surface area (TPSA) is 257 Å². The van der Waals surface area contributed by atoms with Crippen LogP contribution in [0.4, 0.5) is 0 Å². The third-order valence-corrected chi connectivity index (χ3v) is 8.93. The molecule has 0 bridgehead atoms. The van der Waals surface area contributed by atoms with E-state index in [2.05, 4.69) is 9.62 Å². The molecule has 1 aliphatic carbocycles. The Morgan fingerprint density at radius 3 is 1.84 bits per heavy atom. The average molecular weight is 875 g/mol. The number of rotatable bonds is 26. The van der Waals surface area contributed by atoms with E-state index in [-0.39, 0.29) is 83.6 Å². The van der Waals surface area contributed by atoms with Crippen molar-refractivity contribution < 1.29 is 87.4 Å². The number of ether oxygens (including phenoxy) is 7. The molecular formula is C44H58O18. The van der Waals surface area contributed by atoms with Crippen LogP contribution in [0, 0.1) is 11.8 Å². The lowest BCUT2D eigenvalue weighted by Gasteiger charge is -2.20. The summed E-state index contributed by atoms with van der Waals surface area (Å²) in [6, 6.07) is 17.7. The number of hydrogen-bond acceptors (Lipinski definition) is 16. The van der Waals surface area contributed by atoms with Crippen LogP contribution in [0.25, 0.3) is 0 Å². The van der Waals surface area contributed by atoms with Crippen molar-refractivity contribution in [1.29, 1.82) is 0 Å². The first-order chi connectivity index (χ1) is 29.9. The third kappa shape index (κ3) is 22.5. The van der Waals surface area contributed by atoms with E-state index in [0.29, 0.717) is 31.8 Å². The van der Waals surface area contributed by atoms with E-state index in [1.54, 1.807) is 49.4 Å². The lowest BCUT2D eigenvalue weighted by molar-refractivity contribution is -0.251. The van der Waals surface area contributed by atoms with Crippen molar-refractivity contribution in [2.45, 2.75) is 63.6 Å². The van der Waals surface area contributed by atoms with Gasteiger partial charge in [-0.05, 0) is 37.3 Å². The van der Waals surface area contributed by atoms with E-state index in [1.165, 1.54) is 0 Å². The van der Waals surface area contributed by atoms with Crippen molar-refractivity contribution in [3.8, 4) is 0 Å². The first-order valence-corrected chi connectivity index (χ1v) is 20.1. The zero-order valence-electron chi connectivity index (χ0n) is 35.0. The number of cyclic esters (lactones) is 2. The maximum atomic E-state index is 12.0. The van der Waals surface area contributed by atoms with Crippen molar-refractivity contribution in [3.63, 3.8) is 0 Å². The second-order valence-corrected chi connectivity index (χ2v) is 13.8. The summed E-state index contributed by atoms with van der Waals surface area (Å²) in [5, 5.41) is 35.1. The molecule has 4 rings (SSSR count). The van der Waals surface area contributed by atoms with Gasteiger partial charge >= 0.3 is 35.8 Å². The van der Waals surface area contributed by atoms with Crippen LogP contribution in [0.15, 0.2) is 85.0 Å². The summed E-state index contributed by atoms with van der Waals surface area (Å²) >= 11 is 0. The minimum absolute atomic E-state index is 0.0118. The van der Waals surface area contributed by atoms with Gasteiger partial charge in [-0.1, -0.05) is 85.0 Å². The maximum absolute atomic E-state index is 12.0. The minimum Gasteiger partial charge on any atom is -0.481 e. The number of carbonyl (C=O) groups is 6. The van der Waals surface area contributed by atoms with E-state index in [1.807, 2.05) is 49.4 Å². The number of benzene rings is 2. The predicted molar refractivity (Wildman–Crippen MR) is 219 cm³/mol. The quantitative estimate of drug-likeness (QED) is 0.0259. The van der Waals surface area contributed by atoms with Crippen molar-refractivity contribution in [3.05, 3.63) is 96.1 Å². The molecule has 62 heavy (non-hydrogen) atoms. The number of allylic oxidation sites excluding steroid dienone is 4. The third-order valence-electron chi connectivity index (χ3n) is 8.93.